The van der Waals surface area contributed by atoms with Gasteiger partial charge in [0.25, 0.3) is 0 Å². The third-order valence-corrected chi connectivity index (χ3v) is 2.00. The second-order valence-electron chi connectivity index (χ2n) is 3.00. The lowest BCUT2D eigenvalue weighted by Crippen LogP contribution is -2.19. The average Bonchev–Trinajstić information content (AvgIpc) is 2.07. The Balaban J connectivity index is 2.99. The summed E-state index contributed by atoms with van der Waals surface area (Å²) < 4.78 is 0. The largest absolute Gasteiger partial charge is 0.376 e. The van der Waals surface area contributed by atoms with E-state index in [9.17, 15) is 0 Å². The van der Waals surface area contributed by atoms with Crippen molar-refractivity contribution in [2.24, 2.45) is 5.73 Å². The molecule has 0 aromatic heterocycles. The topological polar surface area (TPSA) is 38.0 Å². The second kappa shape index (κ2) is 4.23. The predicted molar refractivity (Wildman–Crippen MR) is 61.0 cm³/mol. The molecule has 0 radical (unpaired) electrons. The zero-order valence-corrected chi connectivity index (χ0v) is 8.74. The quantitative estimate of drug-likeness (QED) is 0.709. The molecule has 0 bridgehead atoms. The van der Waals surface area contributed by atoms with Gasteiger partial charge in [0.2, 0.25) is 0 Å². The van der Waals surface area contributed by atoms with Crippen molar-refractivity contribution in [3.05, 3.63) is 29.3 Å². The van der Waals surface area contributed by atoms with Crippen LogP contribution < -0.4 is 11.1 Å². The minimum atomic E-state index is 0.318. The van der Waals surface area contributed by atoms with E-state index in [0.717, 1.165) is 12.1 Å². The molecule has 0 unspecified atom stereocenters. The minimum Gasteiger partial charge on any atom is -0.376 e. The van der Waals surface area contributed by atoms with Gasteiger partial charge in [0.1, 0.15) is 0 Å². The zero-order chi connectivity index (χ0) is 9.84. The minimum absolute atomic E-state index is 0.318. The van der Waals surface area contributed by atoms with Gasteiger partial charge in [0, 0.05) is 5.69 Å². The lowest BCUT2D eigenvalue weighted by Gasteiger charge is -2.09. The maximum absolute atomic E-state index is 5.41. The van der Waals surface area contributed by atoms with Gasteiger partial charge in [-0.2, -0.15) is 0 Å². The fourth-order valence-corrected chi connectivity index (χ4v) is 1.38. The summed E-state index contributed by atoms with van der Waals surface area (Å²) in [7, 11) is 0. The number of benzene rings is 1. The Kier molecular flexibility index (Phi) is 3.25. The van der Waals surface area contributed by atoms with Crippen LogP contribution in [0.2, 0.25) is 0 Å². The molecule has 13 heavy (non-hydrogen) atoms. The molecule has 0 saturated heterocycles. The molecule has 2 nitrogen and oxygen atoms in total. The molecule has 0 amide bonds. The van der Waals surface area contributed by atoms with Gasteiger partial charge in [0.05, 0.1) is 0 Å². The van der Waals surface area contributed by atoms with Crippen molar-refractivity contribution in [2.45, 2.75) is 20.3 Å². The summed E-state index contributed by atoms with van der Waals surface area (Å²) in [5, 5.41) is 3.28. The van der Waals surface area contributed by atoms with Gasteiger partial charge < -0.3 is 11.1 Å². The summed E-state index contributed by atoms with van der Waals surface area (Å²) in [6, 6.07) is 6.19. The molecule has 3 heteroatoms. The number of aryl methyl sites for hydroxylation is 2. The number of anilines is 1. The first kappa shape index (κ1) is 9.99. The molecular weight excluding hydrogens is 180 g/mol. The summed E-state index contributed by atoms with van der Waals surface area (Å²) in [4.78, 5) is 0. The van der Waals surface area contributed by atoms with Crippen LogP contribution in [0.25, 0.3) is 0 Å². The van der Waals surface area contributed by atoms with E-state index in [0.29, 0.717) is 5.11 Å². The smallest absolute Gasteiger partial charge is 0.168 e. The first-order valence-electron chi connectivity index (χ1n) is 4.29. The number of thiocarbonyl (C=S) groups is 1. The first-order valence-corrected chi connectivity index (χ1v) is 4.70. The van der Waals surface area contributed by atoms with E-state index in [1.807, 2.05) is 12.1 Å². The normalized spacial score (nSPS) is 9.69. The summed E-state index contributed by atoms with van der Waals surface area (Å²) >= 11 is 4.78. The molecule has 3 N–H and O–H groups in total. The van der Waals surface area contributed by atoms with Crippen LogP contribution in [-0.2, 0) is 6.42 Å². The molecule has 0 atom stereocenters. The highest BCUT2D eigenvalue weighted by Gasteiger charge is 2.00. The lowest BCUT2D eigenvalue weighted by atomic mass is 10.1. The van der Waals surface area contributed by atoms with Gasteiger partial charge in [-0.05, 0) is 37.2 Å². The van der Waals surface area contributed by atoms with Gasteiger partial charge in [-0.3, -0.25) is 0 Å². The van der Waals surface area contributed by atoms with Crippen molar-refractivity contribution in [3.63, 3.8) is 0 Å². The first-order chi connectivity index (χ1) is 6.13. The van der Waals surface area contributed by atoms with E-state index < -0.39 is 0 Å². The third kappa shape index (κ3) is 2.70. The van der Waals surface area contributed by atoms with Crippen molar-refractivity contribution in [1.29, 1.82) is 0 Å². The van der Waals surface area contributed by atoms with E-state index in [-0.39, 0.29) is 0 Å². The molecule has 1 rings (SSSR count). The average molecular weight is 194 g/mol. The van der Waals surface area contributed by atoms with E-state index in [1.54, 1.807) is 0 Å². The van der Waals surface area contributed by atoms with Gasteiger partial charge >= 0.3 is 0 Å². The molecule has 0 saturated carbocycles. The highest BCUT2D eigenvalue weighted by molar-refractivity contribution is 7.80. The van der Waals surface area contributed by atoms with Gasteiger partial charge in [-0.25, -0.2) is 0 Å². The summed E-state index contributed by atoms with van der Waals surface area (Å²) in [6.45, 7) is 4.18. The van der Waals surface area contributed by atoms with Crippen molar-refractivity contribution < 1.29 is 0 Å². The second-order valence-corrected chi connectivity index (χ2v) is 3.44. The number of hydrogen-bond donors (Lipinski definition) is 2. The Morgan fingerprint density at radius 3 is 2.77 bits per heavy atom. The summed E-state index contributed by atoms with van der Waals surface area (Å²) in [6.07, 6.45) is 0.979. The Morgan fingerprint density at radius 1 is 1.54 bits per heavy atom. The maximum atomic E-state index is 5.41. The molecule has 0 heterocycles. The maximum Gasteiger partial charge on any atom is 0.168 e. The van der Waals surface area contributed by atoms with Crippen LogP contribution in [0.15, 0.2) is 18.2 Å². The molecule has 1 aromatic rings. The Bertz CT molecular complexity index is 321. The van der Waals surface area contributed by atoms with E-state index >= 15 is 0 Å². The zero-order valence-electron chi connectivity index (χ0n) is 7.92. The van der Waals surface area contributed by atoms with Crippen LogP contribution >= 0.6 is 12.2 Å². The Morgan fingerprint density at radius 2 is 2.23 bits per heavy atom. The number of nitrogens with two attached hydrogens (primary N) is 1. The lowest BCUT2D eigenvalue weighted by molar-refractivity contribution is 1.13. The monoisotopic (exact) mass is 194 g/mol. The molecule has 0 aliphatic heterocycles. The van der Waals surface area contributed by atoms with Crippen LogP contribution in [0.3, 0.4) is 0 Å². The van der Waals surface area contributed by atoms with Gasteiger partial charge in [0.15, 0.2) is 5.11 Å². The summed E-state index contributed by atoms with van der Waals surface area (Å²) in [5.41, 5.74) is 8.92. The highest BCUT2D eigenvalue weighted by atomic mass is 32.1. The predicted octanol–water partition coefficient (Wildman–Crippen LogP) is 2.21. The third-order valence-electron chi connectivity index (χ3n) is 1.90. The van der Waals surface area contributed by atoms with Crippen molar-refractivity contribution in [1.82, 2.24) is 0 Å². The molecule has 0 fully saturated rings. The fourth-order valence-electron chi connectivity index (χ4n) is 1.27. The Labute approximate surface area is 84.1 Å². The SMILES string of the molecule is CCc1cc(C)ccc1NC(N)=S. The van der Waals surface area contributed by atoms with Crippen LogP contribution in [0.5, 0.6) is 0 Å². The molecule has 1 aromatic carbocycles. The van der Waals surface area contributed by atoms with Crippen molar-refractivity contribution in [3.8, 4) is 0 Å². The van der Waals surface area contributed by atoms with Gasteiger partial charge in [-0.1, -0.05) is 24.6 Å². The summed E-state index contributed by atoms with van der Waals surface area (Å²) in [5.74, 6) is 0. The molecular formula is C10H14N2S. The molecule has 70 valence electrons. The van der Waals surface area contributed by atoms with E-state index in [1.165, 1.54) is 11.1 Å². The van der Waals surface area contributed by atoms with Crippen LogP contribution in [0.1, 0.15) is 18.1 Å². The Hall–Kier alpha value is -1.09. The van der Waals surface area contributed by atoms with E-state index in [4.69, 9.17) is 18.0 Å². The van der Waals surface area contributed by atoms with Crippen LogP contribution in [0, 0.1) is 6.92 Å². The number of nitrogens with one attached hydrogen (secondary N) is 1. The molecule has 0 aliphatic carbocycles. The van der Waals surface area contributed by atoms with Crippen LogP contribution in [-0.4, -0.2) is 5.11 Å². The standard InChI is InChI=1S/C10H14N2S/c1-3-8-6-7(2)4-5-9(8)12-10(11)13/h4-6H,3H2,1-2H3,(H3,11,12,13). The highest BCUT2D eigenvalue weighted by Crippen LogP contribution is 2.17. The van der Waals surface area contributed by atoms with Crippen molar-refractivity contribution in [2.75, 3.05) is 5.32 Å². The van der Waals surface area contributed by atoms with Gasteiger partial charge in [-0.15, -0.1) is 0 Å². The number of rotatable bonds is 2. The molecule has 0 aliphatic rings. The van der Waals surface area contributed by atoms with Crippen LogP contribution in [0.4, 0.5) is 5.69 Å². The van der Waals surface area contributed by atoms with Crippen molar-refractivity contribution >= 4 is 23.0 Å². The molecule has 0 spiro atoms. The number of hydrogen-bond acceptors (Lipinski definition) is 1. The fraction of sp³-hybridized carbons (Fsp3) is 0.300. The van der Waals surface area contributed by atoms with E-state index in [2.05, 4.69) is 25.2 Å².